The third kappa shape index (κ3) is 3.16. The lowest BCUT2D eigenvalue weighted by atomic mass is 10.0. The zero-order valence-corrected chi connectivity index (χ0v) is 13.7. The number of ether oxygens (including phenoxy) is 1. The van der Waals surface area contributed by atoms with E-state index < -0.39 is 10.0 Å². The second kappa shape index (κ2) is 6.23. The molecule has 1 aromatic rings. The lowest BCUT2D eigenvalue weighted by Crippen LogP contribution is -2.29. The maximum absolute atomic E-state index is 12.8. The van der Waals surface area contributed by atoms with Gasteiger partial charge in [-0.2, -0.15) is 4.31 Å². The molecule has 1 heterocycles. The van der Waals surface area contributed by atoms with Crippen LogP contribution in [0.4, 0.5) is 5.69 Å². The highest BCUT2D eigenvalue weighted by Gasteiger charge is 2.34. The van der Waals surface area contributed by atoms with Crippen molar-refractivity contribution in [1.82, 2.24) is 4.31 Å². The molecule has 0 amide bonds. The maximum Gasteiger partial charge on any atom is 0.246 e. The Bertz CT molecular complexity index is 614. The summed E-state index contributed by atoms with van der Waals surface area (Å²) in [5.41, 5.74) is 7.16. The summed E-state index contributed by atoms with van der Waals surface area (Å²) in [5.74, 6) is 0.819. The van der Waals surface area contributed by atoms with Crippen molar-refractivity contribution < 1.29 is 13.2 Å². The van der Waals surface area contributed by atoms with Crippen LogP contribution in [0.15, 0.2) is 17.0 Å². The van der Waals surface area contributed by atoms with Gasteiger partial charge >= 0.3 is 0 Å². The van der Waals surface area contributed by atoms with Gasteiger partial charge in [0, 0.05) is 18.8 Å². The largest absolute Gasteiger partial charge is 0.495 e. The minimum Gasteiger partial charge on any atom is -0.495 e. The molecule has 2 rings (SSSR count). The number of aryl methyl sites for hydroxylation is 1. The fourth-order valence-electron chi connectivity index (χ4n) is 2.84. The number of anilines is 1. The minimum absolute atomic E-state index is 0.172. The molecule has 118 valence electrons. The molecular weight excluding hydrogens is 288 g/mol. The van der Waals surface area contributed by atoms with Crippen LogP contribution in [-0.4, -0.2) is 32.9 Å². The second-order valence-electron chi connectivity index (χ2n) is 5.67. The molecule has 2 N–H and O–H groups in total. The molecule has 5 nitrogen and oxygen atoms in total. The third-order valence-corrected chi connectivity index (χ3v) is 6.00. The van der Waals surface area contributed by atoms with Gasteiger partial charge in [-0.1, -0.05) is 13.3 Å². The zero-order valence-electron chi connectivity index (χ0n) is 12.9. The topological polar surface area (TPSA) is 72.6 Å². The molecule has 0 aromatic heterocycles. The zero-order chi connectivity index (χ0) is 15.6. The Morgan fingerprint density at radius 2 is 2.14 bits per heavy atom. The van der Waals surface area contributed by atoms with Crippen molar-refractivity contribution in [3.05, 3.63) is 17.7 Å². The maximum atomic E-state index is 12.8. The van der Waals surface area contributed by atoms with Crippen molar-refractivity contribution in [3.8, 4) is 5.75 Å². The first-order valence-electron chi connectivity index (χ1n) is 7.34. The van der Waals surface area contributed by atoms with E-state index in [9.17, 15) is 8.42 Å². The predicted molar refractivity (Wildman–Crippen MR) is 83.9 cm³/mol. The fourth-order valence-corrected chi connectivity index (χ4v) is 4.54. The summed E-state index contributed by atoms with van der Waals surface area (Å²) in [5, 5.41) is 0. The molecule has 21 heavy (non-hydrogen) atoms. The number of methoxy groups -OCH3 is 1. The SMILES string of the molecule is CCCC1CCN(S(=O)(=O)c2cc(N)c(C)cc2OC)C1. The summed E-state index contributed by atoms with van der Waals surface area (Å²) in [6, 6.07) is 3.19. The molecule has 0 saturated carbocycles. The van der Waals surface area contributed by atoms with Crippen molar-refractivity contribution in [2.75, 3.05) is 25.9 Å². The van der Waals surface area contributed by atoms with Crippen LogP contribution in [0.5, 0.6) is 5.75 Å². The van der Waals surface area contributed by atoms with E-state index in [0.717, 1.165) is 24.8 Å². The molecule has 1 unspecified atom stereocenters. The van der Waals surface area contributed by atoms with Gasteiger partial charge in [-0.25, -0.2) is 8.42 Å². The molecule has 0 radical (unpaired) electrons. The highest BCUT2D eigenvalue weighted by atomic mass is 32.2. The standard InChI is InChI=1S/C15H24N2O3S/c1-4-5-12-6-7-17(10-12)21(18,19)15-9-13(16)11(2)8-14(15)20-3/h8-9,12H,4-7,10,16H2,1-3H3. The van der Waals surface area contributed by atoms with Gasteiger partial charge in [-0.05, 0) is 43.4 Å². The summed E-state index contributed by atoms with van der Waals surface area (Å²) in [6.45, 7) is 5.12. The molecule has 1 aliphatic heterocycles. The van der Waals surface area contributed by atoms with Gasteiger partial charge in [0.2, 0.25) is 10.0 Å². The molecule has 1 saturated heterocycles. The van der Waals surface area contributed by atoms with Crippen molar-refractivity contribution in [2.45, 2.75) is 38.0 Å². The number of hydrogen-bond donors (Lipinski definition) is 1. The molecule has 1 aromatic carbocycles. The van der Waals surface area contributed by atoms with Crippen molar-refractivity contribution in [1.29, 1.82) is 0 Å². The van der Waals surface area contributed by atoms with E-state index in [4.69, 9.17) is 10.5 Å². The molecule has 6 heteroatoms. The lowest BCUT2D eigenvalue weighted by Gasteiger charge is -2.19. The Hall–Kier alpha value is -1.27. The van der Waals surface area contributed by atoms with Gasteiger partial charge in [0.1, 0.15) is 10.6 Å². The molecular formula is C15H24N2O3S. The number of nitrogens with zero attached hydrogens (tertiary/aromatic N) is 1. The van der Waals surface area contributed by atoms with Gasteiger partial charge in [-0.3, -0.25) is 0 Å². The van der Waals surface area contributed by atoms with E-state index >= 15 is 0 Å². The Balaban J connectivity index is 2.34. The van der Waals surface area contributed by atoms with Crippen LogP contribution in [0, 0.1) is 12.8 Å². The highest BCUT2D eigenvalue weighted by molar-refractivity contribution is 7.89. The third-order valence-electron chi connectivity index (χ3n) is 4.12. The molecule has 0 aliphatic carbocycles. The van der Waals surface area contributed by atoms with Crippen molar-refractivity contribution in [2.24, 2.45) is 5.92 Å². The van der Waals surface area contributed by atoms with Crippen LogP contribution >= 0.6 is 0 Å². The molecule has 0 spiro atoms. The van der Waals surface area contributed by atoms with E-state index in [-0.39, 0.29) is 4.90 Å². The monoisotopic (exact) mass is 312 g/mol. The number of nitrogen functional groups attached to an aromatic ring is 1. The van der Waals surface area contributed by atoms with E-state index in [1.54, 1.807) is 10.4 Å². The number of benzene rings is 1. The average molecular weight is 312 g/mol. The van der Waals surface area contributed by atoms with Crippen molar-refractivity contribution in [3.63, 3.8) is 0 Å². The van der Waals surface area contributed by atoms with Gasteiger partial charge in [0.25, 0.3) is 0 Å². The van der Waals surface area contributed by atoms with Crippen LogP contribution in [0.25, 0.3) is 0 Å². The van der Waals surface area contributed by atoms with Crippen LogP contribution in [-0.2, 0) is 10.0 Å². The second-order valence-corrected chi connectivity index (χ2v) is 7.57. The summed E-state index contributed by atoms with van der Waals surface area (Å²) in [4.78, 5) is 0.172. The van der Waals surface area contributed by atoms with Crippen LogP contribution < -0.4 is 10.5 Å². The lowest BCUT2D eigenvalue weighted by molar-refractivity contribution is 0.396. The first kappa shape index (κ1) is 16.1. The summed E-state index contributed by atoms with van der Waals surface area (Å²) < 4.78 is 32.4. The van der Waals surface area contributed by atoms with Crippen LogP contribution in [0.1, 0.15) is 31.7 Å². The van der Waals surface area contributed by atoms with E-state index in [1.165, 1.54) is 13.2 Å². The minimum atomic E-state index is -3.54. The molecule has 0 bridgehead atoms. The summed E-state index contributed by atoms with van der Waals surface area (Å²) in [7, 11) is -2.06. The Morgan fingerprint density at radius 3 is 2.76 bits per heavy atom. The van der Waals surface area contributed by atoms with E-state index in [2.05, 4.69) is 6.92 Å². The quantitative estimate of drug-likeness (QED) is 0.847. The fraction of sp³-hybridized carbons (Fsp3) is 0.600. The Morgan fingerprint density at radius 1 is 1.43 bits per heavy atom. The van der Waals surface area contributed by atoms with Crippen LogP contribution in [0.3, 0.4) is 0 Å². The van der Waals surface area contributed by atoms with E-state index in [0.29, 0.717) is 30.4 Å². The normalized spacial score (nSPS) is 19.9. The number of nitrogens with two attached hydrogens (primary N) is 1. The van der Waals surface area contributed by atoms with Gasteiger partial charge in [0.15, 0.2) is 0 Å². The van der Waals surface area contributed by atoms with Gasteiger partial charge in [-0.15, -0.1) is 0 Å². The first-order valence-corrected chi connectivity index (χ1v) is 8.78. The summed E-state index contributed by atoms with van der Waals surface area (Å²) in [6.07, 6.45) is 3.08. The van der Waals surface area contributed by atoms with Crippen molar-refractivity contribution >= 4 is 15.7 Å². The Labute approximate surface area is 127 Å². The molecule has 1 fully saturated rings. The number of sulfonamides is 1. The molecule has 1 aliphatic rings. The molecule has 1 atom stereocenters. The Kier molecular flexibility index (Phi) is 4.78. The predicted octanol–water partition coefficient (Wildman–Crippen LogP) is 2.40. The van der Waals surface area contributed by atoms with Gasteiger partial charge in [0.05, 0.1) is 7.11 Å². The number of rotatable bonds is 5. The van der Waals surface area contributed by atoms with E-state index in [1.807, 2.05) is 6.92 Å². The van der Waals surface area contributed by atoms with Crippen LogP contribution in [0.2, 0.25) is 0 Å². The summed E-state index contributed by atoms with van der Waals surface area (Å²) >= 11 is 0. The first-order chi connectivity index (χ1) is 9.90. The van der Waals surface area contributed by atoms with Gasteiger partial charge < -0.3 is 10.5 Å². The smallest absolute Gasteiger partial charge is 0.246 e. The highest BCUT2D eigenvalue weighted by Crippen LogP contribution is 2.34. The average Bonchev–Trinajstić information content (AvgIpc) is 2.91. The number of hydrogen-bond acceptors (Lipinski definition) is 4.